The minimum absolute atomic E-state index is 0.183. The Labute approximate surface area is 127 Å². The van der Waals surface area contributed by atoms with Crippen LogP contribution >= 0.6 is 0 Å². The van der Waals surface area contributed by atoms with Crippen LogP contribution in [-0.2, 0) is 13.0 Å². The van der Waals surface area contributed by atoms with Gasteiger partial charge in [-0.15, -0.1) is 0 Å². The van der Waals surface area contributed by atoms with Crippen LogP contribution in [0.3, 0.4) is 0 Å². The number of halogens is 2. The van der Waals surface area contributed by atoms with Crippen molar-refractivity contribution >= 4 is 0 Å². The van der Waals surface area contributed by atoms with E-state index in [9.17, 15) is 13.9 Å². The minimum atomic E-state index is -0.844. The van der Waals surface area contributed by atoms with E-state index in [1.54, 1.807) is 18.6 Å². The lowest BCUT2D eigenvalue weighted by Gasteiger charge is -2.19. The second-order valence-electron chi connectivity index (χ2n) is 5.04. The number of hydrogen-bond donors (Lipinski definition) is 3. The highest BCUT2D eigenvalue weighted by atomic mass is 19.1. The Morgan fingerprint density at radius 1 is 1.18 bits per heavy atom. The molecule has 0 aliphatic rings. The molecule has 22 heavy (non-hydrogen) atoms. The molecule has 118 valence electrons. The summed E-state index contributed by atoms with van der Waals surface area (Å²) in [7, 11) is 0. The first kappa shape index (κ1) is 16.4. The van der Waals surface area contributed by atoms with E-state index in [0.29, 0.717) is 12.1 Å². The molecule has 1 aromatic heterocycles. The van der Waals surface area contributed by atoms with Gasteiger partial charge >= 0.3 is 0 Å². The van der Waals surface area contributed by atoms with Crippen LogP contribution in [-0.4, -0.2) is 33.8 Å². The SMILES string of the molecule is N[C@@H](Cc1cc(F)cc(F)c1)[C@H](O)CNCc1cnccn1. The Morgan fingerprint density at radius 2 is 1.91 bits per heavy atom. The van der Waals surface area contributed by atoms with Crippen molar-refractivity contribution in [1.29, 1.82) is 0 Å². The van der Waals surface area contributed by atoms with Gasteiger partial charge in [-0.1, -0.05) is 0 Å². The lowest BCUT2D eigenvalue weighted by molar-refractivity contribution is 0.141. The Morgan fingerprint density at radius 3 is 2.55 bits per heavy atom. The molecule has 2 rings (SSSR count). The molecule has 0 amide bonds. The van der Waals surface area contributed by atoms with Crippen LogP contribution in [0.15, 0.2) is 36.8 Å². The molecule has 2 aromatic rings. The fourth-order valence-electron chi connectivity index (χ4n) is 2.06. The van der Waals surface area contributed by atoms with E-state index in [1.165, 1.54) is 12.1 Å². The van der Waals surface area contributed by atoms with Gasteiger partial charge in [-0.2, -0.15) is 0 Å². The highest BCUT2D eigenvalue weighted by molar-refractivity contribution is 5.19. The summed E-state index contributed by atoms with van der Waals surface area (Å²) >= 11 is 0. The van der Waals surface area contributed by atoms with Gasteiger partial charge in [-0.05, 0) is 24.1 Å². The number of rotatable bonds is 7. The average Bonchev–Trinajstić information content (AvgIpc) is 2.47. The largest absolute Gasteiger partial charge is 0.390 e. The van der Waals surface area contributed by atoms with Gasteiger partial charge in [0.15, 0.2) is 0 Å². The third-order valence-corrected chi connectivity index (χ3v) is 3.16. The van der Waals surface area contributed by atoms with Crippen molar-refractivity contribution in [1.82, 2.24) is 15.3 Å². The molecule has 4 N–H and O–H groups in total. The molecular weight excluding hydrogens is 290 g/mol. The maximum atomic E-state index is 13.1. The van der Waals surface area contributed by atoms with E-state index in [1.807, 2.05) is 0 Å². The van der Waals surface area contributed by atoms with Crippen LogP contribution in [0.4, 0.5) is 8.78 Å². The second-order valence-corrected chi connectivity index (χ2v) is 5.04. The van der Waals surface area contributed by atoms with Crippen molar-refractivity contribution in [2.75, 3.05) is 6.54 Å². The van der Waals surface area contributed by atoms with Gasteiger partial charge in [0.05, 0.1) is 11.8 Å². The molecule has 5 nitrogen and oxygen atoms in total. The zero-order valence-corrected chi connectivity index (χ0v) is 11.9. The van der Waals surface area contributed by atoms with E-state index in [2.05, 4.69) is 15.3 Å². The molecular formula is C15H18F2N4O. The van der Waals surface area contributed by atoms with Crippen LogP contribution in [0.25, 0.3) is 0 Å². The van der Waals surface area contributed by atoms with Crippen LogP contribution in [0.1, 0.15) is 11.3 Å². The molecule has 7 heteroatoms. The Kier molecular flexibility index (Phi) is 5.88. The molecule has 0 fully saturated rings. The monoisotopic (exact) mass is 308 g/mol. The van der Waals surface area contributed by atoms with Crippen molar-refractivity contribution < 1.29 is 13.9 Å². The number of nitrogens with zero attached hydrogens (tertiary/aromatic N) is 2. The lowest BCUT2D eigenvalue weighted by atomic mass is 10.0. The van der Waals surface area contributed by atoms with Crippen LogP contribution in [0.5, 0.6) is 0 Å². The first-order valence-corrected chi connectivity index (χ1v) is 6.89. The van der Waals surface area contributed by atoms with Crippen molar-refractivity contribution in [3.8, 4) is 0 Å². The van der Waals surface area contributed by atoms with E-state index in [4.69, 9.17) is 5.73 Å². The Bertz CT molecular complexity index is 577. The van der Waals surface area contributed by atoms with Crippen molar-refractivity contribution in [3.05, 3.63) is 59.7 Å². The molecule has 0 aliphatic heterocycles. The molecule has 0 bridgehead atoms. The topological polar surface area (TPSA) is 84.1 Å². The number of nitrogens with one attached hydrogen (secondary N) is 1. The summed E-state index contributed by atoms with van der Waals surface area (Å²) in [6.45, 7) is 0.696. The molecule has 1 aromatic carbocycles. The molecule has 0 radical (unpaired) electrons. The summed E-state index contributed by atoms with van der Waals surface area (Å²) in [6, 6.07) is 2.59. The summed E-state index contributed by atoms with van der Waals surface area (Å²) in [5, 5.41) is 13.0. The fraction of sp³-hybridized carbons (Fsp3) is 0.333. The van der Waals surface area contributed by atoms with E-state index >= 15 is 0 Å². The molecule has 2 atom stereocenters. The summed E-state index contributed by atoms with van der Waals surface area (Å²) in [4.78, 5) is 8.02. The van der Waals surface area contributed by atoms with Crippen molar-refractivity contribution in [2.45, 2.75) is 25.1 Å². The maximum absolute atomic E-state index is 13.1. The summed E-state index contributed by atoms with van der Waals surface area (Å²) in [6.07, 6.45) is 4.12. The number of aliphatic hydroxyl groups is 1. The zero-order valence-electron chi connectivity index (χ0n) is 11.9. The lowest BCUT2D eigenvalue weighted by Crippen LogP contribution is -2.43. The van der Waals surface area contributed by atoms with Crippen LogP contribution in [0, 0.1) is 11.6 Å². The van der Waals surface area contributed by atoms with Gasteiger partial charge in [-0.25, -0.2) is 8.78 Å². The highest BCUT2D eigenvalue weighted by Gasteiger charge is 2.16. The Balaban J connectivity index is 1.80. The maximum Gasteiger partial charge on any atom is 0.126 e. The molecule has 0 saturated carbocycles. The molecule has 0 spiro atoms. The molecule has 1 heterocycles. The first-order valence-electron chi connectivity index (χ1n) is 6.89. The third-order valence-electron chi connectivity index (χ3n) is 3.16. The Hall–Kier alpha value is -1.96. The summed E-state index contributed by atoms with van der Waals surface area (Å²) < 4.78 is 26.2. The highest BCUT2D eigenvalue weighted by Crippen LogP contribution is 2.10. The summed E-state index contributed by atoms with van der Waals surface area (Å²) in [5.74, 6) is -1.31. The number of hydrogen-bond acceptors (Lipinski definition) is 5. The van der Waals surface area contributed by atoms with Crippen molar-refractivity contribution in [3.63, 3.8) is 0 Å². The van der Waals surface area contributed by atoms with Crippen LogP contribution < -0.4 is 11.1 Å². The van der Waals surface area contributed by atoms with E-state index in [-0.39, 0.29) is 13.0 Å². The third kappa shape index (κ3) is 5.10. The molecule has 0 aliphatic carbocycles. The second kappa shape index (κ2) is 7.88. The standard InChI is InChI=1S/C15H18F2N4O/c16-11-3-10(4-12(17)6-11)5-14(18)15(22)9-20-8-13-7-19-1-2-21-13/h1-4,6-7,14-15,20,22H,5,8-9,18H2/t14-,15+/m0/s1. The molecule has 0 unspecified atom stereocenters. The van der Waals surface area contributed by atoms with Gasteiger partial charge in [0.1, 0.15) is 11.6 Å². The summed E-state index contributed by atoms with van der Waals surface area (Å²) in [5.41, 5.74) is 7.03. The first-order chi connectivity index (χ1) is 10.5. The van der Waals surface area contributed by atoms with Gasteiger partial charge in [0, 0.05) is 43.8 Å². The smallest absolute Gasteiger partial charge is 0.126 e. The normalized spacial score (nSPS) is 13.8. The quantitative estimate of drug-likeness (QED) is 0.704. The van der Waals surface area contributed by atoms with E-state index in [0.717, 1.165) is 11.8 Å². The van der Waals surface area contributed by atoms with Crippen molar-refractivity contribution in [2.24, 2.45) is 5.73 Å². The number of benzene rings is 1. The predicted octanol–water partition coefficient (Wildman–Crippen LogP) is 0.775. The van der Waals surface area contributed by atoms with Gasteiger partial charge in [0.2, 0.25) is 0 Å². The number of aliphatic hydroxyl groups excluding tert-OH is 1. The zero-order chi connectivity index (χ0) is 15.9. The average molecular weight is 308 g/mol. The number of nitrogens with two attached hydrogens (primary N) is 1. The van der Waals surface area contributed by atoms with Gasteiger partial charge in [0.25, 0.3) is 0 Å². The van der Waals surface area contributed by atoms with Gasteiger partial charge in [-0.3, -0.25) is 9.97 Å². The van der Waals surface area contributed by atoms with E-state index < -0.39 is 23.8 Å². The number of aromatic nitrogens is 2. The molecule has 0 saturated heterocycles. The predicted molar refractivity (Wildman–Crippen MR) is 77.8 cm³/mol. The van der Waals surface area contributed by atoms with Gasteiger partial charge < -0.3 is 16.2 Å². The fourth-order valence-corrected chi connectivity index (χ4v) is 2.06. The van der Waals surface area contributed by atoms with Crippen LogP contribution in [0.2, 0.25) is 0 Å². The minimum Gasteiger partial charge on any atom is -0.390 e.